The fraction of sp³-hybridized carbons (Fsp3) is 0.391. The zero-order valence-electron chi connectivity index (χ0n) is 18.6. The summed E-state index contributed by atoms with van der Waals surface area (Å²) in [7, 11) is 2.03. The summed E-state index contributed by atoms with van der Waals surface area (Å²) in [4.78, 5) is 45.6. The minimum atomic E-state index is -0.532. The smallest absolute Gasteiger partial charge is 0.345 e. The van der Waals surface area contributed by atoms with Gasteiger partial charge in [0, 0.05) is 49.8 Å². The van der Waals surface area contributed by atoms with Gasteiger partial charge < -0.3 is 24.3 Å². The Bertz CT molecular complexity index is 1210. The van der Waals surface area contributed by atoms with Crippen LogP contribution in [0.5, 0.6) is 5.75 Å². The number of likely N-dealkylation sites (N-methyl/N-ethyl adjacent to an activating group) is 1. The number of amides is 2. The summed E-state index contributed by atoms with van der Waals surface area (Å²) < 4.78 is 11.0. The predicted molar refractivity (Wildman–Crippen MR) is 127 cm³/mol. The Labute approximate surface area is 195 Å². The highest BCUT2D eigenvalue weighted by Gasteiger charge is 2.20. The molecule has 174 valence electrons. The molecule has 0 radical (unpaired) electrons. The Hall–Kier alpha value is -3.24. The van der Waals surface area contributed by atoms with Crippen molar-refractivity contribution < 1.29 is 18.7 Å². The molecule has 1 N–H and O–H groups in total. The molecule has 3 aromatic rings. The average molecular weight is 471 g/mol. The van der Waals surface area contributed by atoms with Gasteiger partial charge in [-0.1, -0.05) is 12.1 Å². The number of hydrogen-bond donors (Lipinski definition) is 1. The topological polar surface area (TPSA) is 105 Å². The molecule has 2 aromatic heterocycles. The van der Waals surface area contributed by atoms with Crippen LogP contribution in [0, 0.1) is 0 Å². The van der Waals surface area contributed by atoms with E-state index in [4.69, 9.17) is 9.15 Å². The average Bonchev–Trinajstić information content (AvgIpc) is 3.26. The maximum Gasteiger partial charge on any atom is 0.345 e. The molecule has 4 rings (SSSR count). The molecule has 2 amide bonds. The zero-order valence-corrected chi connectivity index (χ0v) is 19.4. The summed E-state index contributed by atoms with van der Waals surface area (Å²) in [5.41, 5.74) is 0.580. The first-order valence-electron chi connectivity index (χ1n) is 10.9. The lowest BCUT2D eigenvalue weighted by Gasteiger charge is -2.32. The minimum absolute atomic E-state index is 0.0155. The first kappa shape index (κ1) is 22.9. The first-order chi connectivity index (χ1) is 15.9. The molecule has 33 heavy (non-hydrogen) atoms. The third-order valence-electron chi connectivity index (χ3n) is 5.47. The van der Waals surface area contributed by atoms with E-state index in [1.54, 1.807) is 22.4 Å². The number of hydrogen-bond acceptors (Lipinski definition) is 8. The SMILES string of the molecule is CCOc1cccc2cc(-c3csc(NC(=O)CCC(=O)N4CCN(C)CC4)n3)c(=O)oc12. The van der Waals surface area contributed by atoms with Crippen molar-refractivity contribution in [2.24, 2.45) is 0 Å². The van der Waals surface area contributed by atoms with Crippen LogP contribution in [0.4, 0.5) is 5.13 Å². The second-order valence-corrected chi connectivity index (χ2v) is 8.68. The lowest BCUT2D eigenvalue weighted by molar-refractivity contribution is -0.134. The van der Waals surface area contributed by atoms with Crippen molar-refractivity contribution in [1.82, 2.24) is 14.8 Å². The van der Waals surface area contributed by atoms with Crippen LogP contribution in [0.2, 0.25) is 0 Å². The third-order valence-corrected chi connectivity index (χ3v) is 6.23. The van der Waals surface area contributed by atoms with Crippen molar-refractivity contribution in [3.63, 3.8) is 0 Å². The molecule has 1 fully saturated rings. The van der Waals surface area contributed by atoms with Gasteiger partial charge in [0.1, 0.15) is 0 Å². The number of nitrogens with one attached hydrogen (secondary N) is 1. The number of carbonyl (C=O) groups excluding carboxylic acids is 2. The summed E-state index contributed by atoms with van der Waals surface area (Å²) in [5.74, 6) is 0.208. The highest BCUT2D eigenvalue weighted by atomic mass is 32.1. The van der Waals surface area contributed by atoms with E-state index in [0.717, 1.165) is 18.5 Å². The van der Waals surface area contributed by atoms with Gasteiger partial charge in [-0.05, 0) is 26.1 Å². The molecule has 0 unspecified atom stereocenters. The Morgan fingerprint density at radius 1 is 1.21 bits per heavy atom. The van der Waals surface area contributed by atoms with Gasteiger partial charge in [0.25, 0.3) is 0 Å². The number of ether oxygens (including phenoxy) is 1. The van der Waals surface area contributed by atoms with Crippen LogP contribution < -0.4 is 15.7 Å². The number of thiazole rings is 1. The molecule has 1 aliphatic rings. The Balaban J connectivity index is 1.40. The monoisotopic (exact) mass is 470 g/mol. The third kappa shape index (κ3) is 5.40. The predicted octanol–water partition coefficient (Wildman–Crippen LogP) is 2.81. The van der Waals surface area contributed by atoms with Crippen LogP contribution in [0.3, 0.4) is 0 Å². The molecule has 0 spiro atoms. The zero-order chi connectivity index (χ0) is 23.4. The molecule has 1 aliphatic heterocycles. The number of piperazine rings is 1. The van der Waals surface area contributed by atoms with Crippen molar-refractivity contribution in [2.45, 2.75) is 19.8 Å². The van der Waals surface area contributed by atoms with Gasteiger partial charge >= 0.3 is 5.63 Å². The van der Waals surface area contributed by atoms with E-state index < -0.39 is 5.63 Å². The number of carbonyl (C=O) groups is 2. The normalized spacial score (nSPS) is 14.4. The van der Waals surface area contributed by atoms with E-state index in [9.17, 15) is 14.4 Å². The number of fused-ring (bicyclic) bond motifs is 1. The fourth-order valence-corrected chi connectivity index (χ4v) is 4.36. The van der Waals surface area contributed by atoms with Crippen LogP contribution in [0.15, 0.2) is 38.9 Å². The van der Waals surface area contributed by atoms with Crippen molar-refractivity contribution >= 4 is 39.3 Å². The molecular formula is C23H26N4O5S. The molecule has 0 saturated carbocycles. The number of anilines is 1. The summed E-state index contributed by atoms with van der Waals surface area (Å²) in [6.07, 6.45) is 0.239. The van der Waals surface area contributed by atoms with E-state index in [0.29, 0.717) is 47.4 Å². The van der Waals surface area contributed by atoms with Gasteiger partial charge in [0.05, 0.1) is 17.9 Å². The van der Waals surface area contributed by atoms with Crippen LogP contribution in [-0.4, -0.2) is 66.4 Å². The largest absolute Gasteiger partial charge is 0.490 e. The second kappa shape index (κ2) is 10.1. The molecule has 0 bridgehead atoms. The van der Waals surface area contributed by atoms with Crippen LogP contribution in [0.25, 0.3) is 22.2 Å². The van der Waals surface area contributed by atoms with Crippen LogP contribution >= 0.6 is 11.3 Å². The van der Waals surface area contributed by atoms with E-state index in [1.807, 2.05) is 26.1 Å². The summed E-state index contributed by atoms with van der Waals surface area (Å²) in [6.45, 7) is 5.38. The summed E-state index contributed by atoms with van der Waals surface area (Å²) >= 11 is 1.21. The highest BCUT2D eigenvalue weighted by Crippen LogP contribution is 2.29. The Kier molecular flexibility index (Phi) is 7.05. The molecule has 1 saturated heterocycles. The van der Waals surface area contributed by atoms with Crippen molar-refractivity contribution in [3.8, 4) is 17.0 Å². The van der Waals surface area contributed by atoms with Gasteiger partial charge in [-0.15, -0.1) is 11.3 Å². The van der Waals surface area contributed by atoms with Crippen LogP contribution in [0.1, 0.15) is 19.8 Å². The van der Waals surface area contributed by atoms with Gasteiger partial charge in [-0.2, -0.15) is 0 Å². The molecular weight excluding hydrogens is 444 g/mol. The van der Waals surface area contributed by atoms with Crippen molar-refractivity contribution in [3.05, 3.63) is 40.1 Å². The molecule has 9 nitrogen and oxygen atoms in total. The van der Waals surface area contributed by atoms with E-state index in [2.05, 4.69) is 15.2 Å². The molecule has 3 heterocycles. The number of aromatic nitrogens is 1. The second-order valence-electron chi connectivity index (χ2n) is 7.83. The van der Waals surface area contributed by atoms with Crippen LogP contribution in [-0.2, 0) is 9.59 Å². The maximum atomic E-state index is 12.6. The molecule has 0 aliphatic carbocycles. The lowest BCUT2D eigenvalue weighted by Crippen LogP contribution is -2.47. The van der Waals surface area contributed by atoms with Crippen molar-refractivity contribution in [1.29, 1.82) is 0 Å². The lowest BCUT2D eigenvalue weighted by atomic mass is 10.1. The molecule has 1 aromatic carbocycles. The Morgan fingerprint density at radius 3 is 2.76 bits per heavy atom. The van der Waals surface area contributed by atoms with Gasteiger partial charge in [-0.25, -0.2) is 9.78 Å². The summed E-state index contributed by atoms with van der Waals surface area (Å²) in [5, 5.41) is 5.49. The standard InChI is InChI=1S/C23H26N4O5S/c1-3-31-18-6-4-5-15-13-16(22(30)32-21(15)18)17-14-33-23(24-17)25-19(28)7-8-20(29)27-11-9-26(2)10-12-27/h4-6,13-14H,3,7-12H2,1-2H3,(H,24,25,28). The Morgan fingerprint density at radius 2 is 2.00 bits per heavy atom. The van der Waals surface area contributed by atoms with Gasteiger partial charge in [-0.3, -0.25) is 9.59 Å². The number of para-hydroxylation sites is 1. The molecule has 10 heteroatoms. The van der Waals surface area contributed by atoms with E-state index >= 15 is 0 Å². The fourth-order valence-electron chi connectivity index (χ4n) is 3.64. The number of nitrogens with zero attached hydrogens (tertiary/aromatic N) is 3. The van der Waals surface area contributed by atoms with Gasteiger partial charge in [0.2, 0.25) is 11.8 Å². The quantitative estimate of drug-likeness (QED) is 0.530. The van der Waals surface area contributed by atoms with E-state index in [-0.39, 0.29) is 24.7 Å². The van der Waals surface area contributed by atoms with Gasteiger partial charge in [0.15, 0.2) is 16.5 Å². The summed E-state index contributed by atoms with van der Waals surface area (Å²) in [6, 6.07) is 7.11. The first-order valence-corrected chi connectivity index (χ1v) is 11.7. The number of benzene rings is 1. The minimum Gasteiger partial charge on any atom is -0.490 e. The van der Waals surface area contributed by atoms with Crippen molar-refractivity contribution in [2.75, 3.05) is 45.2 Å². The molecule has 0 atom stereocenters. The van der Waals surface area contributed by atoms with E-state index in [1.165, 1.54) is 11.3 Å². The number of rotatable bonds is 7. The highest BCUT2D eigenvalue weighted by molar-refractivity contribution is 7.14. The maximum absolute atomic E-state index is 12.6.